The fourth-order valence-electron chi connectivity index (χ4n) is 2.40. The molecule has 1 aromatic carbocycles. The molecule has 0 aliphatic rings. The Morgan fingerprint density at radius 2 is 1.64 bits per heavy atom. The maximum absolute atomic E-state index is 12.2. The number of para-hydroxylation sites is 1. The molecule has 9 nitrogen and oxygen atoms in total. The topological polar surface area (TPSA) is 148 Å². The van der Waals surface area contributed by atoms with Gasteiger partial charge < -0.3 is 30.7 Å². The Morgan fingerprint density at radius 1 is 1.11 bits per heavy atom. The van der Waals surface area contributed by atoms with Crippen molar-refractivity contribution in [3.63, 3.8) is 0 Å². The maximum Gasteiger partial charge on any atom is 0.513 e. The molecule has 1 aromatic rings. The van der Waals surface area contributed by atoms with Crippen molar-refractivity contribution in [3.05, 3.63) is 29.3 Å². The van der Waals surface area contributed by atoms with Crippen molar-refractivity contribution in [2.24, 2.45) is 5.73 Å². The van der Waals surface area contributed by atoms with Crippen LogP contribution in [0.5, 0.6) is 5.75 Å². The molecule has 0 radical (unpaired) electrons. The van der Waals surface area contributed by atoms with Gasteiger partial charge in [-0.2, -0.15) is 0 Å². The lowest BCUT2D eigenvalue weighted by Crippen LogP contribution is -2.51. The quantitative estimate of drug-likeness (QED) is 0.361. The number of hydrogen-bond donors (Lipinski definition) is 4. The van der Waals surface area contributed by atoms with Gasteiger partial charge in [0.2, 0.25) is 5.91 Å². The first kappa shape index (κ1) is 23.4. The molecule has 1 amide bonds. The second-order valence-electron chi connectivity index (χ2n) is 6.93. The van der Waals surface area contributed by atoms with Crippen LogP contribution < -0.4 is 15.8 Å². The van der Waals surface area contributed by atoms with Gasteiger partial charge in [0.1, 0.15) is 18.4 Å². The number of aliphatic carboxylic acids is 1. The fourth-order valence-corrected chi connectivity index (χ4v) is 2.40. The molecular weight excluding hydrogens is 368 g/mol. The highest BCUT2D eigenvalue weighted by atomic mass is 16.7. The number of carboxylic acid groups (broad SMARTS) is 1. The molecule has 0 fully saturated rings. The van der Waals surface area contributed by atoms with Crippen LogP contribution in [0.4, 0.5) is 4.79 Å². The molecule has 0 unspecified atom stereocenters. The minimum Gasteiger partial charge on any atom is -0.480 e. The van der Waals surface area contributed by atoms with Crippen LogP contribution in [-0.2, 0) is 14.3 Å². The summed E-state index contributed by atoms with van der Waals surface area (Å²) in [5, 5.41) is 20.1. The van der Waals surface area contributed by atoms with Crippen molar-refractivity contribution in [1.82, 2.24) is 5.32 Å². The summed E-state index contributed by atoms with van der Waals surface area (Å²) in [5.41, 5.74) is 6.96. The van der Waals surface area contributed by atoms with Crippen LogP contribution in [0.15, 0.2) is 18.2 Å². The molecule has 1 rings (SSSR count). The van der Waals surface area contributed by atoms with Crippen molar-refractivity contribution >= 4 is 18.0 Å². The van der Waals surface area contributed by atoms with E-state index in [1.54, 1.807) is 0 Å². The van der Waals surface area contributed by atoms with E-state index < -0.39 is 43.3 Å². The Bertz CT molecular complexity index is 677. The molecule has 2 atom stereocenters. The normalized spacial score (nSPS) is 13.1. The molecule has 0 aliphatic carbocycles. The predicted molar refractivity (Wildman–Crippen MR) is 101 cm³/mol. The highest BCUT2D eigenvalue weighted by Crippen LogP contribution is 2.34. The van der Waals surface area contributed by atoms with E-state index in [1.165, 1.54) is 0 Å². The number of ether oxygens (including phenoxy) is 2. The average Bonchev–Trinajstić information content (AvgIpc) is 2.63. The summed E-state index contributed by atoms with van der Waals surface area (Å²) in [6, 6.07) is 2.76. The maximum atomic E-state index is 12.2. The molecule has 0 aliphatic heterocycles. The van der Waals surface area contributed by atoms with Crippen LogP contribution >= 0.6 is 0 Å². The third-order valence-corrected chi connectivity index (χ3v) is 4.02. The highest BCUT2D eigenvalue weighted by molar-refractivity contribution is 5.87. The third kappa shape index (κ3) is 6.50. The summed E-state index contributed by atoms with van der Waals surface area (Å²) >= 11 is 0. The van der Waals surface area contributed by atoms with E-state index >= 15 is 0 Å². The molecule has 0 saturated heterocycles. The van der Waals surface area contributed by atoms with E-state index in [1.807, 2.05) is 45.9 Å². The smallest absolute Gasteiger partial charge is 0.480 e. The number of carbonyl (C=O) groups excluding carboxylic acids is 2. The molecule has 0 heterocycles. The standard InChI is InChI=1S/C19H28N2O7/c1-10(2)12-6-5-7-13(11(3)4)16(12)28-19(26)27-9-15(18(24)25)21-17(23)14(20)8-22/h5-7,10-11,14-15,22H,8-9,20H2,1-4H3,(H,21,23)(H,24,25)/t14-,15-/m0/s1. The molecule has 0 spiro atoms. The molecule has 28 heavy (non-hydrogen) atoms. The number of carboxylic acids is 1. The molecule has 0 saturated carbocycles. The van der Waals surface area contributed by atoms with Crippen molar-refractivity contribution in [2.75, 3.05) is 13.2 Å². The predicted octanol–water partition coefficient (Wildman–Crippen LogP) is 1.34. The third-order valence-electron chi connectivity index (χ3n) is 4.02. The number of nitrogens with two attached hydrogens (primary N) is 1. The van der Waals surface area contributed by atoms with E-state index in [2.05, 4.69) is 5.32 Å². The molecular formula is C19H28N2O7. The zero-order valence-corrected chi connectivity index (χ0v) is 16.5. The lowest BCUT2D eigenvalue weighted by molar-refractivity contribution is -0.143. The first-order valence-corrected chi connectivity index (χ1v) is 8.95. The first-order chi connectivity index (χ1) is 13.1. The first-order valence-electron chi connectivity index (χ1n) is 8.95. The van der Waals surface area contributed by atoms with Crippen molar-refractivity contribution < 1.29 is 34.1 Å². The summed E-state index contributed by atoms with van der Waals surface area (Å²) < 4.78 is 10.3. The Hall–Kier alpha value is -2.65. The summed E-state index contributed by atoms with van der Waals surface area (Å²) in [5.74, 6) is -1.73. The molecule has 0 bridgehead atoms. The zero-order chi connectivity index (χ0) is 21.4. The van der Waals surface area contributed by atoms with Gasteiger partial charge in [-0.1, -0.05) is 45.9 Å². The second kappa shape index (κ2) is 10.6. The number of hydrogen-bond acceptors (Lipinski definition) is 7. The van der Waals surface area contributed by atoms with Gasteiger partial charge in [0.25, 0.3) is 0 Å². The van der Waals surface area contributed by atoms with Gasteiger partial charge in [0, 0.05) is 0 Å². The average molecular weight is 396 g/mol. The van der Waals surface area contributed by atoms with Crippen LogP contribution in [0.2, 0.25) is 0 Å². The summed E-state index contributed by atoms with van der Waals surface area (Å²) in [6.45, 7) is 6.52. The van der Waals surface area contributed by atoms with Gasteiger partial charge >= 0.3 is 12.1 Å². The lowest BCUT2D eigenvalue weighted by atomic mass is 9.94. The Kier molecular flexibility index (Phi) is 8.87. The van der Waals surface area contributed by atoms with E-state index in [-0.39, 0.29) is 11.8 Å². The SMILES string of the molecule is CC(C)c1cccc(C(C)C)c1OC(=O)OC[C@H](NC(=O)[C@@H](N)CO)C(=O)O. The summed E-state index contributed by atoms with van der Waals surface area (Å²) in [4.78, 5) is 35.0. The largest absolute Gasteiger partial charge is 0.513 e. The molecule has 156 valence electrons. The molecule has 9 heteroatoms. The number of aliphatic hydroxyl groups is 1. The van der Waals surface area contributed by atoms with E-state index in [9.17, 15) is 14.4 Å². The van der Waals surface area contributed by atoms with Crippen LogP contribution in [0, 0.1) is 0 Å². The Labute approximate surface area is 163 Å². The van der Waals surface area contributed by atoms with Gasteiger partial charge in [0.05, 0.1) is 6.61 Å². The van der Waals surface area contributed by atoms with Crippen molar-refractivity contribution in [2.45, 2.75) is 51.6 Å². The lowest BCUT2D eigenvalue weighted by Gasteiger charge is -2.20. The van der Waals surface area contributed by atoms with Crippen molar-refractivity contribution in [3.8, 4) is 5.75 Å². The van der Waals surface area contributed by atoms with Crippen LogP contribution in [0.25, 0.3) is 0 Å². The van der Waals surface area contributed by atoms with Crippen LogP contribution in [0.1, 0.15) is 50.7 Å². The van der Waals surface area contributed by atoms with Crippen LogP contribution in [-0.4, -0.2) is 53.5 Å². The Balaban J connectivity index is 2.86. The van der Waals surface area contributed by atoms with Crippen molar-refractivity contribution in [1.29, 1.82) is 0 Å². The minimum atomic E-state index is -1.53. The zero-order valence-electron chi connectivity index (χ0n) is 16.5. The Morgan fingerprint density at radius 3 is 2.07 bits per heavy atom. The molecule has 5 N–H and O–H groups in total. The minimum absolute atomic E-state index is 0.0903. The number of nitrogens with one attached hydrogen (secondary N) is 1. The number of carbonyl (C=O) groups is 3. The van der Waals surface area contributed by atoms with Gasteiger partial charge in [-0.05, 0) is 23.0 Å². The number of benzene rings is 1. The molecule has 0 aromatic heterocycles. The van der Waals surface area contributed by atoms with E-state index in [0.717, 1.165) is 11.1 Å². The fraction of sp³-hybridized carbons (Fsp3) is 0.526. The van der Waals surface area contributed by atoms with E-state index in [4.69, 9.17) is 25.4 Å². The highest BCUT2D eigenvalue weighted by Gasteiger charge is 2.26. The van der Waals surface area contributed by atoms with Gasteiger partial charge in [-0.3, -0.25) is 4.79 Å². The number of amides is 1. The monoisotopic (exact) mass is 396 g/mol. The number of rotatable bonds is 9. The van der Waals surface area contributed by atoms with Gasteiger partial charge in [-0.25, -0.2) is 9.59 Å². The summed E-state index contributed by atoms with van der Waals surface area (Å²) in [7, 11) is 0. The summed E-state index contributed by atoms with van der Waals surface area (Å²) in [6.07, 6.45) is -1.08. The van der Waals surface area contributed by atoms with E-state index in [0.29, 0.717) is 5.75 Å². The van der Waals surface area contributed by atoms with Gasteiger partial charge in [0.15, 0.2) is 6.04 Å². The van der Waals surface area contributed by atoms with Gasteiger partial charge in [-0.15, -0.1) is 0 Å². The second-order valence-corrected chi connectivity index (χ2v) is 6.93. The number of aliphatic hydroxyl groups excluding tert-OH is 1. The van der Waals surface area contributed by atoms with Crippen LogP contribution in [0.3, 0.4) is 0 Å².